The fourth-order valence-electron chi connectivity index (χ4n) is 5.30. The average Bonchev–Trinajstić information content (AvgIpc) is 3.23. The number of hydrogen-bond acceptors (Lipinski definition) is 3. The molecule has 158 valence electrons. The zero-order valence-corrected chi connectivity index (χ0v) is 17.6. The smallest absolute Gasteiger partial charge is 0.236 e. The van der Waals surface area contributed by atoms with Gasteiger partial charge in [-0.3, -0.25) is 14.5 Å². The highest BCUT2D eigenvalue weighted by Gasteiger charge is 2.35. The van der Waals surface area contributed by atoms with Gasteiger partial charge in [0, 0.05) is 32.1 Å². The molecule has 0 saturated carbocycles. The number of piperidine rings is 1. The van der Waals surface area contributed by atoms with Crippen molar-refractivity contribution in [2.75, 3.05) is 39.3 Å². The highest BCUT2D eigenvalue weighted by molar-refractivity contribution is 5.79. The predicted molar refractivity (Wildman–Crippen MR) is 114 cm³/mol. The Balaban J connectivity index is 1.30. The summed E-state index contributed by atoms with van der Waals surface area (Å²) < 4.78 is 0. The van der Waals surface area contributed by atoms with Crippen molar-refractivity contribution in [3.05, 3.63) is 35.9 Å². The maximum atomic E-state index is 13.3. The van der Waals surface area contributed by atoms with Gasteiger partial charge in [0.25, 0.3) is 0 Å². The van der Waals surface area contributed by atoms with E-state index in [1.54, 1.807) is 0 Å². The first-order valence-electron chi connectivity index (χ1n) is 11.5. The van der Waals surface area contributed by atoms with Crippen molar-refractivity contribution in [1.82, 2.24) is 14.7 Å². The Morgan fingerprint density at radius 1 is 0.862 bits per heavy atom. The molecule has 5 heteroatoms. The van der Waals surface area contributed by atoms with Crippen molar-refractivity contribution < 1.29 is 9.59 Å². The van der Waals surface area contributed by atoms with Crippen LogP contribution in [0, 0.1) is 11.8 Å². The molecule has 29 heavy (non-hydrogen) atoms. The molecule has 0 aliphatic carbocycles. The number of carbonyl (C=O) groups is 2. The van der Waals surface area contributed by atoms with Gasteiger partial charge in [-0.05, 0) is 63.1 Å². The molecule has 4 rings (SSSR count). The largest absolute Gasteiger partial charge is 0.342 e. The van der Waals surface area contributed by atoms with Gasteiger partial charge >= 0.3 is 0 Å². The SMILES string of the molecule is O=C(CN1CCC([C@@H]2CCCCN(Cc3ccccc3)C2=O)CC1)N1CCCC1. The first-order chi connectivity index (χ1) is 14.2. The summed E-state index contributed by atoms with van der Waals surface area (Å²) in [6.07, 6.45) is 7.68. The van der Waals surface area contributed by atoms with E-state index in [-0.39, 0.29) is 5.92 Å². The van der Waals surface area contributed by atoms with E-state index in [1.165, 1.54) is 5.56 Å². The van der Waals surface area contributed by atoms with Gasteiger partial charge in [-0.25, -0.2) is 0 Å². The number of benzene rings is 1. The van der Waals surface area contributed by atoms with Crippen LogP contribution in [0.5, 0.6) is 0 Å². The summed E-state index contributed by atoms with van der Waals surface area (Å²) in [5, 5.41) is 0. The third-order valence-electron chi connectivity index (χ3n) is 7.06. The van der Waals surface area contributed by atoms with Crippen molar-refractivity contribution in [3.63, 3.8) is 0 Å². The molecule has 3 saturated heterocycles. The van der Waals surface area contributed by atoms with Crippen molar-refractivity contribution >= 4 is 11.8 Å². The quantitative estimate of drug-likeness (QED) is 0.767. The van der Waals surface area contributed by atoms with Crippen LogP contribution in [0.1, 0.15) is 50.5 Å². The lowest BCUT2D eigenvalue weighted by atomic mass is 9.81. The molecule has 3 heterocycles. The number of rotatable bonds is 5. The highest BCUT2D eigenvalue weighted by Crippen LogP contribution is 2.32. The predicted octanol–water partition coefficient (Wildman–Crippen LogP) is 3.15. The maximum Gasteiger partial charge on any atom is 0.236 e. The molecule has 5 nitrogen and oxygen atoms in total. The van der Waals surface area contributed by atoms with E-state index < -0.39 is 0 Å². The van der Waals surface area contributed by atoms with Gasteiger partial charge in [-0.15, -0.1) is 0 Å². The third-order valence-corrected chi connectivity index (χ3v) is 7.06. The van der Waals surface area contributed by atoms with E-state index in [0.29, 0.717) is 24.3 Å². The summed E-state index contributed by atoms with van der Waals surface area (Å²) >= 11 is 0. The lowest BCUT2D eigenvalue weighted by molar-refractivity contribution is -0.138. The molecule has 2 amide bonds. The molecule has 1 aromatic rings. The molecule has 3 aliphatic heterocycles. The van der Waals surface area contributed by atoms with Crippen molar-refractivity contribution in [2.45, 2.75) is 51.5 Å². The highest BCUT2D eigenvalue weighted by atomic mass is 16.2. The van der Waals surface area contributed by atoms with E-state index in [4.69, 9.17) is 0 Å². The van der Waals surface area contributed by atoms with Crippen LogP contribution >= 0.6 is 0 Å². The number of amides is 2. The Morgan fingerprint density at radius 2 is 1.55 bits per heavy atom. The van der Waals surface area contributed by atoms with Crippen LogP contribution in [0.3, 0.4) is 0 Å². The molecule has 1 aromatic carbocycles. The van der Waals surface area contributed by atoms with Crippen LogP contribution in [0.25, 0.3) is 0 Å². The van der Waals surface area contributed by atoms with E-state index in [1.807, 2.05) is 23.1 Å². The minimum absolute atomic E-state index is 0.164. The standard InChI is InChI=1S/C24H35N3O2/c28-23(26-13-6-7-14-26)19-25-16-11-21(12-17-25)22-10-4-5-15-27(24(22)29)18-20-8-2-1-3-9-20/h1-3,8-9,21-22H,4-7,10-19H2/t22-/m0/s1. The van der Waals surface area contributed by atoms with E-state index >= 15 is 0 Å². The van der Waals surface area contributed by atoms with Gasteiger partial charge < -0.3 is 9.80 Å². The van der Waals surface area contributed by atoms with Crippen LogP contribution < -0.4 is 0 Å². The monoisotopic (exact) mass is 397 g/mol. The molecule has 0 spiro atoms. The summed E-state index contributed by atoms with van der Waals surface area (Å²) in [6.45, 7) is 5.95. The normalized spacial score (nSPS) is 24.7. The lowest BCUT2D eigenvalue weighted by Gasteiger charge is -2.36. The molecule has 0 aromatic heterocycles. The number of nitrogens with zero attached hydrogens (tertiary/aromatic N) is 3. The number of carbonyl (C=O) groups excluding carboxylic acids is 2. The summed E-state index contributed by atoms with van der Waals surface area (Å²) in [6, 6.07) is 10.4. The third kappa shape index (κ3) is 5.19. The first-order valence-corrected chi connectivity index (χ1v) is 11.5. The molecule has 0 N–H and O–H groups in total. The molecular formula is C24H35N3O2. The second-order valence-corrected chi connectivity index (χ2v) is 9.05. The number of likely N-dealkylation sites (tertiary alicyclic amines) is 3. The molecule has 1 atom stereocenters. The molecule has 0 unspecified atom stereocenters. The van der Waals surface area contributed by atoms with Crippen LogP contribution in [-0.4, -0.2) is 65.8 Å². The van der Waals surface area contributed by atoms with Crippen LogP contribution in [0.2, 0.25) is 0 Å². The molecule has 3 fully saturated rings. The average molecular weight is 398 g/mol. The van der Waals surface area contributed by atoms with E-state index in [2.05, 4.69) is 21.9 Å². The Morgan fingerprint density at radius 3 is 2.28 bits per heavy atom. The zero-order chi connectivity index (χ0) is 20.1. The Kier molecular flexibility index (Phi) is 6.86. The van der Waals surface area contributed by atoms with Crippen LogP contribution in [-0.2, 0) is 16.1 Å². The summed E-state index contributed by atoms with van der Waals surface area (Å²) in [4.78, 5) is 32.2. The Hall–Kier alpha value is -1.88. The van der Waals surface area contributed by atoms with Crippen molar-refractivity contribution in [2.24, 2.45) is 11.8 Å². The van der Waals surface area contributed by atoms with E-state index in [0.717, 1.165) is 84.2 Å². The van der Waals surface area contributed by atoms with Crippen LogP contribution in [0.4, 0.5) is 0 Å². The lowest BCUT2D eigenvalue weighted by Crippen LogP contribution is -2.45. The topological polar surface area (TPSA) is 43.9 Å². The Labute approximate surface area is 175 Å². The van der Waals surface area contributed by atoms with Gasteiger partial charge in [0.15, 0.2) is 0 Å². The zero-order valence-electron chi connectivity index (χ0n) is 17.6. The van der Waals surface area contributed by atoms with Gasteiger partial charge in [0.2, 0.25) is 11.8 Å². The van der Waals surface area contributed by atoms with Gasteiger partial charge in [-0.1, -0.05) is 36.8 Å². The summed E-state index contributed by atoms with van der Waals surface area (Å²) in [5.41, 5.74) is 1.22. The minimum Gasteiger partial charge on any atom is -0.342 e. The number of hydrogen-bond donors (Lipinski definition) is 0. The second-order valence-electron chi connectivity index (χ2n) is 9.05. The fraction of sp³-hybridized carbons (Fsp3) is 0.667. The maximum absolute atomic E-state index is 13.3. The Bertz CT molecular complexity index is 679. The molecule has 3 aliphatic rings. The van der Waals surface area contributed by atoms with E-state index in [9.17, 15) is 9.59 Å². The van der Waals surface area contributed by atoms with Crippen molar-refractivity contribution in [1.29, 1.82) is 0 Å². The fourth-order valence-corrected chi connectivity index (χ4v) is 5.30. The van der Waals surface area contributed by atoms with Gasteiger partial charge in [0.1, 0.15) is 0 Å². The summed E-state index contributed by atoms with van der Waals surface area (Å²) in [7, 11) is 0. The second kappa shape index (κ2) is 9.75. The molecular weight excluding hydrogens is 362 g/mol. The summed E-state index contributed by atoms with van der Waals surface area (Å²) in [5.74, 6) is 1.29. The molecule has 0 radical (unpaired) electrons. The first kappa shape index (κ1) is 20.4. The van der Waals surface area contributed by atoms with Gasteiger partial charge in [-0.2, -0.15) is 0 Å². The van der Waals surface area contributed by atoms with Gasteiger partial charge in [0.05, 0.1) is 6.54 Å². The minimum atomic E-state index is 0.164. The molecule has 0 bridgehead atoms. The van der Waals surface area contributed by atoms with Crippen molar-refractivity contribution in [3.8, 4) is 0 Å². The van der Waals surface area contributed by atoms with Crippen LogP contribution in [0.15, 0.2) is 30.3 Å².